The number of aromatic nitrogens is 2. The summed E-state index contributed by atoms with van der Waals surface area (Å²) in [6.45, 7) is 1.57. The summed E-state index contributed by atoms with van der Waals surface area (Å²) in [6.07, 6.45) is 1.67. The van der Waals surface area contributed by atoms with Gasteiger partial charge in [0, 0.05) is 24.3 Å². The maximum Gasteiger partial charge on any atom is 0.351 e. The van der Waals surface area contributed by atoms with E-state index in [2.05, 4.69) is 4.98 Å². The number of aliphatic hydroxyl groups is 2. The van der Waals surface area contributed by atoms with Crippen molar-refractivity contribution in [3.05, 3.63) is 28.3 Å². The van der Waals surface area contributed by atoms with Crippen molar-refractivity contribution in [1.82, 2.24) is 9.55 Å². The molecule has 9 heteroatoms. The van der Waals surface area contributed by atoms with Gasteiger partial charge in [-0.15, -0.1) is 0 Å². The molecule has 0 aromatic carbocycles. The van der Waals surface area contributed by atoms with Crippen LogP contribution in [0.4, 0.5) is 5.82 Å². The Morgan fingerprint density at radius 3 is 3.00 bits per heavy atom. The standard InChI is InChI=1S/C14H19N3O6/c1-2-22-12(20)4-3-8-6-17(14(21)16-13(8)15)11-5-9(19)10(7-18)23-11/h3-4,6,9-11,18-19H,2,5,7H2,1H3,(H2,15,16,21)/b4-3+/t9?,10-,11-/m1/s1. The van der Waals surface area contributed by atoms with Crippen molar-refractivity contribution in [2.24, 2.45) is 0 Å². The number of hydrogen-bond acceptors (Lipinski definition) is 8. The topological polar surface area (TPSA) is 137 Å². The second-order valence-corrected chi connectivity index (χ2v) is 4.97. The molecule has 2 rings (SSSR count). The van der Waals surface area contributed by atoms with Crippen molar-refractivity contribution < 1.29 is 24.5 Å². The second kappa shape index (κ2) is 7.36. The van der Waals surface area contributed by atoms with Crippen LogP contribution in [-0.2, 0) is 14.3 Å². The maximum atomic E-state index is 12.0. The molecule has 3 atom stereocenters. The molecule has 2 heterocycles. The van der Waals surface area contributed by atoms with E-state index >= 15 is 0 Å². The lowest BCUT2D eigenvalue weighted by Gasteiger charge is -2.15. The number of anilines is 1. The van der Waals surface area contributed by atoms with Gasteiger partial charge in [0.2, 0.25) is 0 Å². The predicted octanol–water partition coefficient (Wildman–Crippen LogP) is -0.957. The van der Waals surface area contributed by atoms with E-state index in [1.54, 1.807) is 6.92 Å². The number of nitrogens with zero attached hydrogens (tertiary/aromatic N) is 2. The van der Waals surface area contributed by atoms with E-state index < -0.39 is 30.1 Å². The minimum absolute atomic E-state index is 0.0379. The average molecular weight is 325 g/mol. The second-order valence-electron chi connectivity index (χ2n) is 4.97. The van der Waals surface area contributed by atoms with Gasteiger partial charge >= 0.3 is 11.7 Å². The molecule has 1 aromatic rings. The monoisotopic (exact) mass is 325 g/mol. The Hall–Kier alpha value is -2.23. The number of carbonyl (C=O) groups is 1. The number of nitrogens with two attached hydrogens (primary N) is 1. The third-order valence-corrected chi connectivity index (χ3v) is 3.39. The first-order valence-corrected chi connectivity index (χ1v) is 7.14. The Kier molecular flexibility index (Phi) is 5.48. The fraction of sp³-hybridized carbons (Fsp3) is 0.500. The zero-order valence-electron chi connectivity index (χ0n) is 12.6. The van der Waals surface area contributed by atoms with Crippen LogP contribution in [0.1, 0.15) is 25.1 Å². The molecule has 1 aliphatic heterocycles. The van der Waals surface area contributed by atoms with E-state index in [9.17, 15) is 14.7 Å². The van der Waals surface area contributed by atoms with E-state index in [1.807, 2.05) is 0 Å². The Balaban J connectivity index is 2.27. The van der Waals surface area contributed by atoms with Crippen LogP contribution < -0.4 is 11.4 Å². The Morgan fingerprint density at radius 1 is 1.65 bits per heavy atom. The van der Waals surface area contributed by atoms with Crippen LogP contribution in [0.2, 0.25) is 0 Å². The molecule has 0 amide bonds. The number of esters is 1. The summed E-state index contributed by atoms with van der Waals surface area (Å²) in [5.74, 6) is -0.582. The number of nitrogen functional groups attached to an aromatic ring is 1. The largest absolute Gasteiger partial charge is 0.463 e. The van der Waals surface area contributed by atoms with Crippen molar-refractivity contribution >= 4 is 17.9 Å². The molecule has 1 aromatic heterocycles. The molecular weight excluding hydrogens is 306 g/mol. The first kappa shape index (κ1) is 17.1. The Labute approximate surface area is 132 Å². The van der Waals surface area contributed by atoms with E-state index in [4.69, 9.17) is 20.3 Å². The minimum atomic E-state index is -0.882. The van der Waals surface area contributed by atoms with Crippen LogP contribution in [0, 0.1) is 0 Å². The summed E-state index contributed by atoms with van der Waals surface area (Å²) >= 11 is 0. The number of hydrogen-bond donors (Lipinski definition) is 3. The van der Waals surface area contributed by atoms with Crippen LogP contribution in [0.25, 0.3) is 6.08 Å². The summed E-state index contributed by atoms with van der Waals surface area (Å²) < 4.78 is 11.3. The molecule has 9 nitrogen and oxygen atoms in total. The minimum Gasteiger partial charge on any atom is -0.463 e. The van der Waals surface area contributed by atoms with Gasteiger partial charge in [-0.2, -0.15) is 4.98 Å². The fourth-order valence-corrected chi connectivity index (χ4v) is 2.23. The predicted molar refractivity (Wildman–Crippen MR) is 80.2 cm³/mol. The van der Waals surface area contributed by atoms with Gasteiger partial charge in [-0.25, -0.2) is 9.59 Å². The molecule has 1 unspecified atom stereocenters. The molecule has 1 fully saturated rings. The quantitative estimate of drug-likeness (QED) is 0.465. The highest BCUT2D eigenvalue weighted by atomic mass is 16.5. The summed E-state index contributed by atoms with van der Waals surface area (Å²) in [5, 5.41) is 18.8. The van der Waals surface area contributed by atoms with Crippen LogP contribution >= 0.6 is 0 Å². The third-order valence-electron chi connectivity index (χ3n) is 3.39. The van der Waals surface area contributed by atoms with Crippen LogP contribution in [0.3, 0.4) is 0 Å². The van der Waals surface area contributed by atoms with Crippen LogP contribution in [0.5, 0.6) is 0 Å². The summed E-state index contributed by atoms with van der Waals surface area (Å²) in [5.41, 5.74) is 5.36. The van der Waals surface area contributed by atoms with Gasteiger partial charge in [0.1, 0.15) is 18.1 Å². The molecule has 4 N–H and O–H groups in total. The molecule has 1 aliphatic rings. The average Bonchev–Trinajstić information content (AvgIpc) is 2.87. The smallest absolute Gasteiger partial charge is 0.351 e. The molecule has 0 radical (unpaired) electrons. The highest BCUT2D eigenvalue weighted by Crippen LogP contribution is 2.27. The number of carbonyl (C=O) groups excluding carboxylic acids is 1. The molecule has 1 saturated heterocycles. The lowest BCUT2D eigenvalue weighted by Crippen LogP contribution is -2.28. The van der Waals surface area contributed by atoms with Crippen molar-refractivity contribution in [2.45, 2.75) is 31.8 Å². The van der Waals surface area contributed by atoms with Gasteiger partial charge in [0.15, 0.2) is 0 Å². The molecule has 0 bridgehead atoms. The van der Waals surface area contributed by atoms with Crippen molar-refractivity contribution in [3.8, 4) is 0 Å². The molecular formula is C14H19N3O6. The SMILES string of the molecule is CCOC(=O)/C=C/c1cn([C@H]2CC(O)[C@@H](CO)O2)c(=O)nc1N. The number of ether oxygens (including phenoxy) is 2. The van der Waals surface area contributed by atoms with Gasteiger partial charge < -0.3 is 25.4 Å². The summed E-state index contributed by atoms with van der Waals surface area (Å²) in [7, 11) is 0. The summed E-state index contributed by atoms with van der Waals surface area (Å²) in [6, 6.07) is 0. The number of rotatable bonds is 5. The van der Waals surface area contributed by atoms with Gasteiger partial charge in [-0.3, -0.25) is 4.57 Å². The highest BCUT2D eigenvalue weighted by molar-refractivity contribution is 5.87. The lowest BCUT2D eigenvalue weighted by molar-refractivity contribution is -0.137. The zero-order valence-corrected chi connectivity index (χ0v) is 12.6. The first-order chi connectivity index (χ1) is 11.0. The summed E-state index contributed by atoms with van der Waals surface area (Å²) in [4.78, 5) is 27.0. The van der Waals surface area contributed by atoms with Crippen molar-refractivity contribution in [2.75, 3.05) is 18.9 Å². The normalized spacial score (nSPS) is 24.2. The van der Waals surface area contributed by atoms with Crippen LogP contribution in [-0.4, -0.2) is 51.2 Å². The highest BCUT2D eigenvalue weighted by Gasteiger charge is 2.35. The fourth-order valence-electron chi connectivity index (χ4n) is 2.23. The molecule has 126 valence electrons. The van der Waals surface area contributed by atoms with Gasteiger partial charge in [-0.05, 0) is 13.0 Å². The van der Waals surface area contributed by atoms with Gasteiger partial charge in [0.25, 0.3) is 0 Å². The zero-order chi connectivity index (χ0) is 17.0. The van der Waals surface area contributed by atoms with E-state index in [0.29, 0.717) is 5.56 Å². The molecule has 0 spiro atoms. The number of aliphatic hydroxyl groups excluding tert-OH is 2. The van der Waals surface area contributed by atoms with E-state index in [1.165, 1.54) is 22.9 Å². The van der Waals surface area contributed by atoms with Crippen molar-refractivity contribution in [1.29, 1.82) is 0 Å². The lowest BCUT2D eigenvalue weighted by atomic mass is 10.2. The Bertz CT molecular complexity index is 656. The van der Waals surface area contributed by atoms with Crippen LogP contribution in [0.15, 0.2) is 17.1 Å². The molecule has 0 saturated carbocycles. The van der Waals surface area contributed by atoms with Gasteiger partial charge in [-0.1, -0.05) is 0 Å². The Morgan fingerprint density at radius 2 is 2.39 bits per heavy atom. The van der Waals surface area contributed by atoms with E-state index in [-0.39, 0.29) is 25.5 Å². The third kappa shape index (κ3) is 3.95. The van der Waals surface area contributed by atoms with E-state index in [0.717, 1.165) is 0 Å². The first-order valence-electron chi connectivity index (χ1n) is 7.14. The maximum absolute atomic E-state index is 12.0. The molecule has 23 heavy (non-hydrogen) atoms. The van der Waals surface area contributed by atoms with Gasteiger partial charge in [0.05, 0.1) is 19.3 Å². The molecule has 0 aliphatic carbocycles. The van der Waals surface area contributed by atoms with Crippen molar-refractivity contribution in [3.63, 3.8) is 0 Å².